The normalized spacial score (nSPS) is 18.0. The molecule has 110 valence electrons. The predicted octanol–water partition coefficient (Wildman–Crippen LogP) is 0.0474. The molecule has 3 N–H and O–H groups in total. The van der Waals surface area contributed by atoms with Crippen molar-refractivity contribution < 1.29 is 14.4 Å². The minimum absolute atomic E-state index is 0.115. The lowest BCUT2D eigenvalue weighted by atomic mass is 10.1. The Hall–Kier alpha value is -2.41. The Morgan fingerprint density at radius 1 is 1.24 bits per heavy atom. The maximum Gasteiger partial charge on any atom is 0.328 e. The highest BCUT2D eigenvalue weighted by atomic mass is 16.2. The summed E-state index contributed by atoms with van der Waals surface area (Å²) >= 11 is 0. The summed E-state index contributed by atoms with van der Waals surface area (Å²) in [7, 11) is 0. The molecule has 0 aliphatic carbocycles. The monoisotopic (exact) mass is 288 g/mol. The Bertz CT molecular complexity index is 629. The lowest BCUT2D eigenvalue weighted by Crippen LogP contribution is -2.50. The molecule has 4 amide bonds. The van der Waals surface area contributed by atoms with Crippen LogP contribution in [-0.2, 0) is 11.3 Å². The highest BCUT2D eigenvalue weighted by Gasteiger charge is 2.34. The van der Waals surface area contributed by atoms with Gasteiger partial charge in [-0.25, -0.2) is 4.79 Å². The first-order valence-electron chi connectivity index (χ1n) is 6.84. The van der Waals surface area contributed by atoms with Crippen LogP contribution >= 0.6 is 0 Å². The maximum absolute atomic E-state index is 12.5. The van der Waals surface area contributed by atoms with Crippen molar-refractivity contribution in [3.05, 3.63) is 29.3 Å². The number of carbonyl (C=O) groups is 3. The van der Waals surface area contributed by atoms with Crippen molar-refractivity contribution in [1.82, 2.24) is 10.2 Å². The number of amides is 4. The third-order valence-electron chi connectivity index (χ3n) is 3.73. The number of rotatable bonds is 3. The van der Waals surface area contributed by atoms with Gasteiger partial charge in [0.25, 0.3) is 5.91 Å². The van der Waals surface area contributed by atoms with E-state index in [0.29, 0.717) is 30.9 Å². The zero-order valence-corrected chi connectivity index (χ0v) is 11.5. The zero-order valence-electron chi connectivity index (χ0n) is 11.5. The van der Waals surface area contributed by atoms with Crippen LogP contribution in [0.2, 0.25) is 0 Å². The summed E-state index contributed by atoms with van der Waals surface area (Å²) in [5.74, 6) is -0.407. The van der Waals surface area contributed by atoms with Crippen molar-refractivity contribution >= 4 is 23.5 Å². The smallest absolute Gasteiger partial charge is 0.328 e. The van der Waals surface area contributed by atoms with Crippen LogP contribution in [0.25, 0.3) is 0 Å². The Morgan fingerprint density at radius 2 is 2.05 bits per heavy atom. The van der Waals surface area contributed by atoms with Gasteiger partial charge in [0.1, 0.15) is 0 Å². The Morgan fingerprint density at radius 3 is 2.76 bits per heavy atom. The van der Waals surface area contributed by atoms with E-state index in [-0.39, 0.29) is 24.8 Å². The third-order valence-corrected chi connectivity index (χ3v) is 3.73. The van der Waals surface area contributed by atoms with Gasteiger partial charge in [-0.2, -0.15) is 0 Å². The number of anilines is 1. The fourth-order valence-corrected chi connectivity index (χ4v) is 2.76. The van der Waals surface area contributed by atoms with Gasteiger partial charge in [-0.1, -0.05) is 12.1 Å². The molecule has 0 unspecified atom stereocenters. The molecule has 0 radical (unpaired) electrons. The largest absolute Gasteiger partial charge is 0.333 e. The van der Waals surface area contributed by atoms with Gasteiger partial charge >= 0.3 is 6.03 Å². The molecule has 0 bridgehead atoms. The topological polar surface area (TPSA) is 95.7 Å². The molecular weight excluding hydrogens is 272 g/mol. The van der Waals surface area contributed by atoms with Crippen molar-refractivity contribution in [2.45, 2.75) is 13.0 Å². The summed E-state index contributed by atoms with van der Waals surface area (Å²) in [5, 5.41) is 2.27. The van der Waals surface area contributed by atoms with E-state index < -0.39 is 6.03 Å². The van der Waals surface area contributed by atoms with Gasteiger partial charge in [-0.3, -0.25) is 19.8 Å². The first-order chi connectivity index (χ1) is 10.1. The molecule has 21 heavy (non-hydrogen) atoms. The van der Waals surface area contributed by atoms with E-state index in [9.17, 15) is 14.4 Å². The second-order valence-corrected chi connectivity index (χ2v) is 5.08. The van der Waals surface area contributed by atoms with Crippen LogP contribution in [0.5, 0.6) is 0 Å². The van der Waals surface area contributed by atoms with Crippen molar-refractivity contribution in [3.8, 4) is 0 Å². The molecule has 7 heteroatoms. The van der Waals surface area contributed by atoms with E-state index in [1.165, 1.54) is 4.90 Å². The van der Waals surface area contributed by atoms with Gasteiger partial charge in [-0.15, -0.1) is 0 Å². The van der Waals surface area contributed by atoms with Gasteiger partial charge in [0.05, 0.1) is 11.3 Å². The number of benzene rings is 1. The average molecular weight is 288 g/mol. The lowest BCUT2D eigenvalue weighted by molar-refractivity contribution is -0.120. The van der Waals surface area contributed by atoms with E-state index >= 15 is 0 Å². The standard InChI is InChI=1S/C14H16N4O3/c15-5-7-17-8-9-2-1-3-10(12(9)13(17)20)18-6-4-11(19)16-14(18)21/h1-3H,4-8,15H2,(H,16,19,21). The number of urea groups is 1. The Kier molecular flexibility index (Phi) is 3.34. The zero-order chi connectivity index (χ0) is 15.0. The van der Waals surface area contributed by atoms with Crippen molar-refractivity contribution in [3.63, 3.8) is 0 Å². The fourth-order valence-electron chi connectivity index (χ4n) is 2.76. The van der Waals surface area contributed by atoms with Crippen LogP contribution in [0.1, 0.15) is 22.3 Å². The molecule has 2 heterocycles. The second-order valence-electron chi connectivity index (χ2n) is 5.08. The summed E-state index contributed by atoms with van der Waals surface area (Å²) in [4.78, 5) is 38.8. The molecule has 1 aromatic carbocycles. The highest BCUT2D eigenvalue weighted by Crippen LogP contribution is 2.32. The van der Waals surface area contributed by atoms with Crippen LogP contribution in [0, 0.1) is 0 Å². The van der Waals surface area contributed by atoms with Crippen LogP contribution in [-0.4, -0.2) is 42.4 Å². The molecule has 0 saturated carbocycles. The Balaban J connectivity index is 1.96. The Labute approximate surface area is 121 Å². The third kappa shape index (κ3) is 2.25. The number of nitrogens with two attached hydrogens (primary N) is 1. The molecule has 0 spiro atoms. The minimum Gasteiger partial charge on any atom is -0.333 e. The number of carbonyl (C=O) groups excluding carboxylic acids is 3. The quantitative estimate of drug-likeness (QED) is 0.821. The van der Waals surface area contributed by atoms with Gasteiger partial charge in [0, 0.05) is 32.6 Å². The summed E-state index contributed by atoms with van der Waals surface area (Å²) < 4.78 is 0. The van der Waals surface area contributed by atoms with Crippen molar-refractivity contribution in [2.24, 2.45) is 5.73 Å². The van der Waals surface area contributed by atoms with E-state index in [0.717, 1.165) is 5.56 Å². The van der Waals surface area contributed by atoms with Gasteiger partial charge < -0.3 is 10.6 Å². The van der Waals surface area contributed by atoms with Crippen LogP contribution < -0.4 is 16.0 Å². The van der Waals surface area contributed by atoms with Gasteiger partial charge in [-0.05, 0) is 11.6 Å². The van der Waals surface area contributed by atoms with E-state index in [2.05, 4.69) is 5.32 Å². The SMILES string of the molecule is NCCN1Cc2cccc(N3CCC(=O)NC3=O)c2C1=O. The second kappa shape index (κ2) is 5.17. The minimum atomic E-state index is -0.482. The molecular formula is C14H16N4O3. The maximum atomic E-state index is 12.5. The van der Waals surface area contributed by atoms with Gasteiger partial charge in [0.2, 0.25) is 5.91 Å². The average Bonchev–Trinajstić information content (AvgIpc) is 2.76. The van der Waals surface area contributed by atoms with E-state index in [1.54, 1.807) is 11.0 Å². The summed E-state index contributed by atoms with van der Waals surface area (Å²) in [5.41, 5.74) is 7.50. The highest BCUT2D eigenvalue weighted by molar-refractivity contribution is 6.11. The number of nitrogens with zero attached hydrogens (tertiary/aromatic N) is 2. The molecule has 7 nitrogen and oxygen atoms in total. The fraction of sp³-hybridized carbons (Fsp3) is 0.357. The molecule has 0 aromatic heterocycles. The van der Waals surface area contributed by atoms with Crippen LogP contribution in [0.15, 0.2) is 18.2 Å². The molecule has 1 aromatic rings. The molecule has 2 aliphatic heterocycles. The number of imide groups is 1. The molecule has 2 aliphatic rings. The summed E-state index contributed by atoms with van der Waals surface area (Å²) in [6.45, 7) is 1.67. The molecule has 3 rings (SSSR count). The number of hydrogen-bond acceptors (Lipinski definition) is 4. The summed E-state index contributed by atoms with van der Waals surface area (Å²) in [6.07, 6.45) is 0.232. The number of fused-ring (bicyclic) bond motifs is 1. The van der Waals surface area contributed by atoms with Crippen molar-refractivity contribution in [1.29, 1.82) is 0 Å². The number of nitrogens with one attached hydrogen (secondary N) is 1. The van der Waals surface area contributed by atoms with Gasteiger partial charge in [0.15, 0.2) is 0 Å². The summed E-state index contributed by atoms with van der Waals surface area (Å²) in [6, 6.07) is 4.94. The number of hydrogen-bond donors (Lipinski definition) is 2. The molecule has 1 saturated heterocycles. The molecule has 0 atom stereocenters. The van der Waals surface area contributed by atoms with Crippen LogP contribution in [0.4, 0.5) is 10.5 Å². The van der Waals surface area contributed by atoms with E-state index in [4.69, 9.17) is 5.73 Å². The lowest BCUT2D eigenvalue weighted by Gasteiger charge is -2.27. The first kappa shape index (κ1) is 13.6. The van der Waals surface area contributed by atoms with Crippen LogP contribution in [0.3, 0.4) is 0 Å². The molecule has 1 fully saturated rings. The first-order valence-corrected chi connectivity index (χ1v) is 6.84. The van der Waals surface area contributed by atoms with Crippen molar-refractivity contribution in [2.75, 3.05) is 24.5 Å². The van der Waals surface area contributed by atoms with E-state index in [1.807, 2.05) is 12.1 Å². The predicted molar refractivity (Wildman–Crippen MR) is 75.7 cm³/mol.